The number of phenolic OH excluding ortho intramolecular Hbond substituents is 1. The summed E-state index contributed by atoms with van der Waals surface area (Å²) in [4.78, 5) is 16.3. The lowest BCUT2D eigenvalue weighted by Gasteiger charge is -2.36. The molecule has 0 radical (unpaired) electrons. The molecule has 1 atom stereocenters. The van der Waals surface area contributed by atoms with Crippen molar-refractivity contribution in [3.8, 4) is 5.75 Å². The summed E-state index contributed by atoms with van der Waals surface area (Å²) >= 11 is 0. The van der Waals surface area contributed by atoms with Crippen molar-refractivity contribution < 1.29 is 18.3 Å². The van der Waals surface area contributed by atoms with E-state index >= 15 is 0 Å². The predicted molar refractivity (Wildman–Crippen MR) is 107 cm³/mol. The van der Waals surface area contributed by atoms with Crippen molar-refractivity contribution in [3.05, 3.63) is 54.1 Å². The van der Waals surface area contributed by atoms with Crippen molar-refractivity contribution in [2.75, 3.05) is 31.1 Å². The molecular weight excluding hydrogens is 380 g/mol. The first kappa shape index (κ1) is 20.0. The zero-order valence-electron chi connectivity index (χ0n) is 15.6. The van der Waals surface area contributed by atoms with E-state index in [1.807, 2.05) is 17.0 Å². The van der Waals surface area contributed by atoms with E-state index in [2.05, 4.69) is 5.32 Å². The molecule has 9 heteroatoms. The van der Waals surface area contributed by atoms with Crippen molar-refractivity contribution in [2.45, 2.75) is 17.9 Å². The zero-order chi connectivity index (χ0) is 20.3. The molecule has 2 aromatic carbocycles. The van der Waals surface area contributed by atoms with Crippen LogP contribution in [-0.2, 0) is 10.0 Å². The van der Waals surface area contributed by atoms with Gasteiger partial charge < -0.3 is 20.2 Å². The monoisotopic (exact) mass is 404 g/mol. The zero-order valence-corrected chi connectivity index (χ0v) is 16.4. The molecule has 1 unspecified atom stereocenters. The lowest BCUT2D eigenvalue weighted by Crippen LogP contribution is -2.52. The number of hydrogen-bond acceptors (Lipinski definition) is 5. The first-order chi connectivity index (χ1) is 13.3. The van der Waals surface area contributed by atoms with Gasteiger partial charge in [-0.3, -0.25) is 0 Å². The number of nitrogens with two attached hydrogens (primary N) is 1. The highest BCUT2D eigenvalue weighted by Crippen LogP contribution is 2.27. The Balaban J connectivity index is 1.59. The van der Waals surface area contributed by atoms with Gasteiger partial charge in [0.25, 0.3) is 0 Å². The topological polar surface area (TPSA) is 116 Å². The van der Waals surface area contributed by atoms with Crippen LogP contribution in [0.4, 0.5) is 10.5 Å². The van der Waals surface area contributed by atoms with Crippen LogP contribution in [0, 0.1) is 0 Å². The number of phenols is 1. The molecule has 0 spiro atoms. The standard InChI is InChI=1S/C19H24N4O4S/c1-14(15-5-4-6-16(13-15)28(20,26)27)21-19(25)23-11-9-22(10-12-23)17-7-2-3-8-18(17)24/h2-8,13-14,24H,9-12H2,1H3,(H,21,25)(H2,20,26,27). The smallest absolute Gasteiger partial charge is 0.317 e. The maximum Gasteiger partial charge on any atom is 0.317 e. The van der Waals surface area contributed by atoms with Crippen LogP contribution < -0.4 is 15.4 Å². The second kappa shape index (κ2) is 8.07. The van der Waals surface area contributed by atoms with Gasteiger partial charge in [-0.15, -0.1) is 0 Å². The van der Waals surface area contributed by atoms with E-state index in [1.54, 1.807) is 36.1 Å². The van der Waals surface area contributed by atoms with Crippen LogP contribution >= 0.6 is 0 Å². The third kappa shape index (κ3) is 4.55. The van der Waals surface area contributed by atoms with E-state index in [4.69, 9.17) is 5.14 Å². The number of anilines is 1. The molecule has 1 aliphatic rings. The number of nitrogens with one attached hydrogen (secondary N) is 1. The number of amides is 2. The van der Waals surface area contributed by atoms with Crippen molar-refractivity contribution in [1.82, 2.24) is 10.2 Å². The van der Waals surface area contributed by atoms with Crippen molar-refractivity contribution >= 4 is 21.7 Å². The average Bonchev–Trinajstić information content (AvgIpc) is 2.68. The number of rotatable bonds is 4. The highest BCUT2D eigenvalue weighted by molar-refractivity contribution is 7.89. The van der Waals surface area contributed by atoms with Gasteiger partial charge in [0.1, 0.15) is 5.75 Å². The molecule has 1 aliphatic heterocycles. The number of sulfonamides is 1. The Bertz CT molecular complexity index is 956. The van der Waals surface area contributed by atoms with E-state index in [1.165, 1.54) is 12.1 Å². The van der Waals surface area contributed by atoms with Crippen LogP contribution in [0.15, 0.2) is 53.4 Å². The average molecular weight is 404 g/mol. The number of aromatic hydroxyl groups is 1. The van der Waals surface area contributed by atoms with Gasteiger partial charge in [0, 0.05) is 26.2 Å². The summed E-state index contributed by atoms with van der Waals surface area (Å²) in [6, 6.07) is 12.8. The molecule has 1 fully saturated rings. The third-order valence-electron chi connectivity index (χ3n) is 4.82. The summed E-state index contributed by atoms with van der Waals surface area (Å²) in [5.74, 6) is 0.226. The van der Waals surface area contributed by atoms with E-state index in [0.717, 1.165) is 5.69 Å². The molecule has 0 aromatic heterocycles. The Morgan fingerprint density at radius 2 is 1.79 bits per heavy atom. The fraction of sp³-hybridized carbons (Fsp3) is 0.316. The van der Waals surface area contributed by atoms with E-state index in [0.29, 0.717) is 31.7 Å². The Hall–Kier alpha value is -2.78. The fourth-order valence-electron chi connectivity index (χ4n) is 3.20. The lowest BCUT2D eigenvalue weighted by atomic mass is 10.1. The first-order valence-corrected chi connectivity index (χ1v) is 10.5. The predicted octanol–water partition coefficient (Wildman–Crippen LogP) is 1.63. The Morgan fingerprint density at radius 1 is 1.11 bits per heavy atom. The van der Waals surface area contributed by atoms with Gasteiger partial charge >= 0.3 is 6.03 Å². The Kier molecular flexibility index (Phi) is 5.76. The SMILES string of the molecule is CC(NC(=O)N1CCN(c2ccccc2O)CC1)c1cccc(S(N)(=O)=O)c1. The minimum Gasteiger partial charge on any atom is -0.506 e. The normalized spacial score (nSPS) is 15.9. The fourth-order valence-corrected chi connectivity index (χ4v) is 3.77. The minimum absolute atomic E-state index is 0.0161. The number of piperazine rings is 1. The number of nitrogens with zero attached hydrogens (tertiary/aromatic N) is 2. The molecule has 0 aliphatic carbocycles. The number of para-hydroxylation sites is 2. The quantitative estimate of drug-likeness (QED) is 0.716. The molecule has 0 saturated carbocycles. The summed E-state index contributed by atoms with van der Waals surface area (Å²) in [7, 11) is -3.79. The van der Waals surface area contributed by atoms with Crippen LogP contribution in [0.25, 0.3) is 0 Å². The van der Waals surface area contributed by atoms with Crippen molar-refractivity contribution in [1.29, 1.82) is 0 Å². The summed E-state index contributed by atoms with van der Waals surface area (Å²) in [6.07, 6.45) is 0. The second-order valence-corrected chi connectivity index (χ2v) is 8.31. The largest absolute Gasteiger partial charge is 0.506 e. The number of primary sulfonamides is 1. The minimum atomic E-state index is -3.79. The number of benzene rings is 2. The van der Waals surface area contributed by atoms with Gasteiger partial charge in [-0.2, -0.15) is 0 Å². The molecule has 8 nitrogen and oxygen atoms in total. The van der Waals surface area contributed by atoms with E-state index in [-0.39, 0.29) is 22.7 Å². The Labute approximate surface area is 164 Å². The van der Waals surface area contributed by atoms with Gasteiger partial charge in [0.15, 0.2) is 0 Å². The molecule has 150 valence electrons. The molecule has 0 bridgehead atoms. The van der Waals surface area contributed by atoms with Crippen LogP contribution in [-0.4, -0.2) is 50.6 Å². The lowest BCUT2D eigenvalue weighted by molar-refractivity contribution is 0.191. The number of urea groups is 1. The molecule has 2 amide bonds. The molecule has 4 N–H and O–H groups in total. The second-order valence-electron chi connectivity index (χ2n) is 6.75. The van der Waals surface area contributed by atoms with Gasteiger partial charge in [-0.1, -0.05) is 24.3 Å². The number of hydrogen-bond donors (Lipinski definition) is 3. The Morgan fingerprint density at radius 3 is 2.43 bits per heavy atom. The highest BCUT2D eigenvalue weighted by atomic mass is 32.2. The van der Waals surface area contributed by atoms with Crippen LogP contribution in [0.5, 0.6) is 5.75 Å². The van der Waals surface area contributed by atoms with Crippen LogP contribution in [0.1, 0.15) is 18.5 Å². The maximum absolute atomic E-state index is 12.6. The summed E-state index contributed by atoms with van der Waals surface area (Å²) in [5.41, 5.74) is 1.42. The molecular formula is C19H24N4O4S. The summed E-state index contributed by atoms with van der Waals surface area (Å²) in [5, 5.41) is 18.0. The molecule has 1 saturated heterocycles. The van der Waals surface area contributed by atoms with Crippen molar-refractivity contribution in [2.24, 2.45) is 5.14 Å². The molecule has 28 heavy (non-hydrogen) atoms. The third-order valence-corrected chi connectivity index (χ3v) is 5.73. The van der Waals surface area contributed by atoms with Gasteiger partial charge in [0.05, 0.1) is 16.6 Å². The van der Waals surface area contributed by atoms with Crippen LogP contribution in [0.3, 0.4) is 0 Å². The molecule has 3 rings (SSSR count). The number of carbonyl (C=O) groups is 1. The van der Waals surface area contributed by atoms with Crippen LogP contribution in [0.2, 0.25) is 0 Å². The van der Waals surface area contributed by atoms with E-state index < -0.39 is 10.0 Å². The van der Waals surface area contributed by atoms with Gasteiger partial charge in [-0.05, 0) is 36.8 Å². The summed E-state index contributed by atoms with van der Waals surface area (Å²) < 4.78 is 23.0. The van der Waals surface area contributed by atoms with E-state index in [9.17, 15) is 18.3 Å². The van der Waals surface area contributed by atoms with Gasteiger partial charge in [0.2, 0.25) is 10.0 Å². The van der Waals surface area contributed by atoms with Crippen molar-refractivity contribution in [3.63, 3.8) is 0 Å². The van der Waals surface area contributed by atoms with Gasteiger partial charge in [-0.25, -0.2) is 18.4 Å². The highest BCUT2D eigenvalue weighted by Gasteiger charge is 2.24. The maximum atomic E-state index is 12.6. The first-order valence-electron chi connectivity index (χ1n) is 8.97. The molecule has 2 aromatic rings. The molecule has 1 heterocycles. The summed E-state index contributed by atoms with van der Waals surface area (Å²) in [6.45, 7) is 4.05. The number of carbonyl (C=O) groups excluding carboxylic acids is 1.